The molecule has 0 bridgehead atoms. The van der Waals surface area contributed by atoms with Crippen LogP contribution < -0.4 is 11.5 Å². The summed E-state index contributed by atoms with van der Waals surface area (Å²) in [5, 5.41) is -0.221. The summed E-state index contributed by atoms with van der Waals surface area (Å²) in [7, 11) is 0. The maximum atomic E-state index is 12.2. The standard InChI is InChI=1S/C14H16N4O2S/c1-2-20-13(19)12(9-6-4-3-5-7-9)21-14-17-10(15)8-11(16)18-14/h3-8,12H,2H2,1H3,(H4,15,16,17,18). The van der Waals surface area contributed by atoms with Crippen LogP contribution in [-0.2, 0) is 9.53 Å². The molecule has 0 aliphatic rings. The first kappa shape index (κ1) is 15.1. The summed E-state index contributed by atoms with van der Waals surface area (Å²) >= 11 is 1.16. The zero-order valence-corrected chi connectivity index (χ0v) is 12.3. The molecule has 6 nitrogen and oxygen atoms in total. The van der Waals surface area contributed by atoms with Gasteiger partial charge in [-0.2, -0.15) is 0 Å². The molecular formula is C14H16N4O2S. The fraction of sp³-hybridized carbons (Fsp3) is 0.214. The van der Waals surface area contributed by atoms with E-state index in [4.69, 9.17) is 16.2 Å². The van der Waals surface area contributed by atoms with Crippen molar-refractivity contribution >= 4 is 29.4 Å². The molecule has 0 aliphatic heterocycles. The third-order valence-electron chi connectivity index (χ3n) is 2.57. The van der Waals surface area contributed by atoms with Crippen molar-refractivity contribution < 1.29 is 9.53 Å². The fourth-order valence-corrected chi connectivity index (χ4v) is 2.70. The van der Waals surface area contributed by atoms with Gasteiger partial charge in [0.05, 0.1) is 6.61 Å². The van der Waals surface area contributed by atoms with Crippen molar-refractivity contribution in [3.63, 3.8) is 0 Å². The molecule has 1 atom stereocenters. The van der Waals surface area contributed by atoms with E-state index in [1.807, 2.05) is 30.3 Å². The third-order valence-corrected chi connectivity index (χ3v) is 3.67. The molecule has 0 saturated heterocycles. The van der Waals surface area contributed by atoms with E-state index in [1.165, 1.54) is 6.07 Å². The fourth-order valence-electron chi connectivity index (χ4n) is 1.72. The molecule has 2 rings (SSSR count). The van der Waals surface area contributed by atoms with Gasteiger partial charge in [-0.3, -0.25) is 4.79 Å². The van der Waals surface area contributed by atoms with Crippen molar-refractivity contribution in [3.8, 4) is 0 Å². The van der Waals surface area contributed by atoms with Crippen LogP contribution in [0.4, 0.5) is 11.6 Å². The van der Waals surface area contributed by atoms with Crippen LogP contribution in [-0.4, -0.2) is 22.5 Å². The van der Waals surface area contributed by atoms with E-state index in [0.717, 1.165) is 17.3 Å². The minimum Gasteiger partial charge on any atom is -0.465 e. The molecule has 0 aliphatic carbocycles. The van der Waals surface area contributed by atoms with E-state index in [9.17, 15) is 4.79 Å². The Labute approximate surface area is 126 Å². The Morgan fingerprint density at radius 1 is 1.24 bits per heavy atom. The molecule has 7 heteroatoms. The average molecular weight is 304 g/mol. The van der Waals surface area contributed by atoms with Gasteiger partial charge in [0.25, 0.3) is 0 Å². The zero-order chi connectivity index (χ0) is 15.2. The highest BCUT2D eigenvalue weighted by Gasteiger charge is 2.24. The molecule has 0 radical (unpaired) electrons. The Morgan fingerprint density at radius 2 is 1.86 bits per heavy atom. The molecule has 4 N–H and O–H groups in total. The maximum Gasteiger partial charge on any atom is 0.324 e. The van der Waals surface area contributed by atoms with E-state index in [0.29, 0.717) is 11.8 Å². The van der Waals surface area contributed by atoms with E-state index < -0.39 is 5.25 Å². The number of carbonyl (C=O) groups excluding carboxylic acids is 1. The van der Waals surface area contributed by atoms with Crippen molar-refractivity contribution in [3.05, 3.63) is 42.0 Å². The van der Waals surface area contributed by atoms with Gasteiger partial charge in [-0.15, -0.1) is 0 Å². The van der Waals surface area contributed by atoms with E-state index in [1.54, 1.807) is 6.92 Å². The molecule has 0 spiro atoms. The summed E-state index contributed by atoms with van der Waals surface area (Å²) < 4.78 is 5.11. The number of esters is 1. The van der Waals surface area contributed by atoms with Crippen LogP contribution in [0.25, 0.3) is 0 Å². The van der Waals surface area contributed by atoms with Gasteiger partial charge in [-0.05, 0) is 12.5 Å². The zero-order valence-electron chi connectivity index (χ0n) is 11.5. The molecule has 0 saturated carbocycles. The summed E-state index contributed by atoms with van der Waals surface area (Å²) in [4.78, 5) is 20.3. The van der Waals surface area contributed by atoms with Crippen LogP contribution >= 0.6 is 11.8 Å². The predicted octanol–water partition coefficient (Wildman–Crippen LogP) is 2.04. The van der Waals surface area contributed by atoms with Crippen molar-refractivity contribution in [2.45, 2.75) is 17.3 Å². The number of anilines is 2. The van der Waals surface area contributed by atoms with E-state index in [2.05, 4.69) is 9.97 Å². The number of nitrogen functional groups attached to an aromatic ring is 2. The van der Waals surface area contributed by atoms with Gasteiger partial charge in [-0.1, -0.05) is 42.1 Å². The third kappa shape index (κ3) is 4.09. The summed E-state index contributed by atoms with van der Waals surface area (Å²) in [5.74, 6) is 0.180. The lowest BCUT2D eigenvalue weighted by Crippen LogP contribution is -2.14. The minimum absolute atomic E-state index is 0.265. The normalized spacial score (nSPS) is 11.9. The number of hydrogen-bond donors (Lipinski definition) is 2. The molecule has 2 aromatic rings. The van der Waals surface area contributed by atoms with Gasteiger partial charge < -0.3 is 16.2 Å². The monoisotopic (exact) mass is 304 g/mol. The molecular weight excluding hydrogens is 288 g/mol. The molecule has 0 amide bonds. The van der Waals surface area contributed by atoms with Crippen molar-refractivity contribution in [1.82, 2.24) is 9.97 Å². The van der Waals surface area contributed by atoms with Gasteiger partial charge in [0.1, 0.15) is 16.9 Å². The average Bonchev–Trinajstić information content (AvgIpc) is 2.45. The van der Waals surface area contributed by atoms with Crippen LogP contribution in [0.2, 0.25) is 0 Å². The Balaban J connectivity index is 2.29. The topological polar surface area (TPSA) is 104 Å². The second-order valence-corrected chi connectivity index (χ2v) is 5.23. The Hall–Kier alpha value is -2.28. The van der Waals surface area contributed by atoms with Crippen molar-refractivity contribution in [2.24, 2.45) is 0 Å². The minimum atomic E-state index is -0.563. The van der Waals surface area contributed by atoms with Crippen LogP contribution in [0, 0.1) is 0 Å². The molecule has 1 unspecified atom stereocenters. The highest BCUT2D eigenvalue weighted by Crippen LogP contribution is 2.35. The number of thioether (sulfide) groups is 1. The summed E-state index contributed by atoms with van der Waals surface area (Å²) in [5.41, 5.74) is 12.1. The van der Waals surface area contributed by atoms with Gasteiger partial charge in [0.15, 0.2) is 5.16 Å². The number of hydrogen-bond acceptors (Lipinski definition) is 7. The lowest BCUT2D eigenvalue weighted by molar-refractivity contribution is -0.142. The van der Waals surface area contributed by atoms with Gasteiger partial charge >= 0.3 is 5.97 Å². The van der Waals surface area contributed by atoms with Crippen LogP contribution in [0.1, 0.15) is 17.7 Å². The van der Waals surface area contributed by atoms with Gasteiger partial charge in [0.2, 0.25) is 0 Å². The van der Waals surface area contributed by atoms with E-state index in [-0.39, 0.29) is 17.6 Å². The van der Waals surface area contributed by atoms with Crippen molar-refractivity contribution in [1.29, 1.82) is 0 Å². The second-order valence-electron chi connectivity index (χ2n) is 4.16. The first-order valence-electron chi connectivity index (χ1n) is 6.38. The summed E-state index contributed by atoms with van der Waals surface area (Å²) in [6.45, 7) is 2.07. The lowest BCUT2D eigenvalue weighted by Gasteiger charge is -2.15. The number of rotatable bonds is 5. The van der Waals surface area contributed by atoms with Crippen LogP contribution in [0.15, 0.2) is 41.6 Å². The highest BCUT2D eigenvalue weighted by molar-refractivity contribution is 8.00. The van der Waals surface area contributed by atoms with Gasteiger partial charge in [0, 0.05) is 6.07 Å². The largest absolute Gasteiger partial charge is 0.465 e. The highest BCUT2D eigenvalue weighted by atomic mass is 32.2. The second kappa shape index (κ2) is 6.94. The Kier molecular flexibility index (Phi) is 4.99. The first-order chi connectivity index (χ1) is 10.1. The molecule has 0 fully saturated rings. The van der Waals surface area contributed by atoms with Gasteiger partial charge in [-0.25, -0.2) is 9.97 Å². The summed E-state index contributed by atoms with van der Waals surface area (Å²) in [6, 6.07) is 10.8. The van der Waals surface area contributed by atoms with E-state index >= 15 is 0 Å². The smallest absolute Gasteiger partial charge is 0.324 e. The number of carbonyl (C=O) groups is 1. The quantitative estimate of drug-likeness (QED) is 0.495. The first-order valence-corrected chi connectivity index (χ1v) is 7.26. The predicted molar refractivity (Wildman–Crippen MR) is 82.5 cm³/mol. The SMILES string of the molecule is CCOC(=O)C(Sc1nc(N)cc(N)n1)c1ccccc1. The lowest BCUT2D eigenvalue weighted by atomic mass is 10.1. The summed E-state index contributed by atoms with van der Waals surface area (Å²) in [6.07, 6.45) is 0. The number of ether oxygens (including phenoxy) is 1. The molecule has 110 valence electrons. The number of nitrogens with zero attached hydrogens (tertiary/aromatic N) is 2. The van der Waals surface area contributed by atoms with Crippen LogP contribution in [0.3, 0.4) is 0 Å². The molecule has 1 aromatic carbocycles. The number of nitrogens with two attached hydrogens (primary N) is 2. The Morgan fingerprint density at radius 3 is 2.43 bits per heavy atom. The molecule has 21 heavy (non-hydrogen) atoms. The maximum absolute atomic E-state index is 12.2. The molecule has 1 heterocycles. The number of benzene rings is 1. The van der Waals surface area contributed by atoms with Crippen LogP contribution in [0.5, 0.6) is 0 Å². The van der Waals surface area contributed by atoms with Crippen molar-refractivity contribution in [2.75, 3.05) is 18.1 Å². The molecule has 1 aromatic heterocycles. The number of aromatic nitrogens is 2. The Bertz CT molecular complexity index is 601.